The number of hydrazine groups is 1. The second-order valence-electron chi connectivity index (χ2n) is 4.45. The van der Waals surface area contributed by atoms with Crippen molar-refractivity contribution >= 4 is 17.5 Å². The van der Waals surface area contributed by atoms with Crippen molar-refractivity contribution < 1.29 is 9.59 Å². The normalized spacial score (nSPS) is 12.1. The van der Waals surface area contributed by atoms with Crippen LogP contribution in [0.1, 0.15) is 20.8 Å². The quantitative estimate of drug-likeness (QED) is 0.786. The first-order chi connectivity index (χ1) is 8.43. The molecular weight excluding hydrogens is 230 g/mol. The van der Waals surface area contributed by atoms with Gasteiger partial charge in [-0.25, -0.2) is 5.01 Å². The zero-order valence-electron chi connectivity index (χ0n) is 10.9. The summed E-state index contributed by atoms with van der Waals surface area (Å²) in [4.78, 5) is 23.4. The van der Waals surface area contributed by atoms with E-state index in [-0.39, 0.29) is 17.7 Å². The van der Waals surface area contributed by atoms with Crippen LogP contribution in [0.25, 0.3) is 0 Å². The highest BCUT2D eigenvalue weighted by molar-refractivity contribution is 5.99. The van der Waals surface area contributed by atoms with Gasteiger partial charge in [-0.15, -0.1) is 0 Å². The molecule has 0 aliphatic heterocycles. The van der Waals surface area contributed by atoms with Gasteiger partial charge in [0.05, 0.1) is 11.7 Å². The van der Waals surface area contributed by atoms with E-state index < -0.39 is 6.04 Å². The Morgan fingerprint density at radius 3 is 2.22 bits per heavy atom. The first-order valence-corrected chi connectivity index (χ1v) is 5.85. The number of nitrogens with one attached hydrogen (secondary N) is 1. The molecule has 0 aromatic heterocycles. The number of anilines is 1. The Morgan fingerprint density at radius 2 is 1.78 bits per heavy atom. The minimum absolute atomic E-state index is 0.00234. The van der Waals surface area contributed by atoms with Crippen molar-refractivity contribution in [2.75, 3.05) is 5.01 Å². The van der Waals surface area contributed by atoms with Gasteiger partial charge in [0.25, 0.3) is 5.91 Å². The summed E-state index contributed by atoms with van der Waals surface area (Å²) in [5, 5.41) is 1.20. The minimum Gasteiger partial charge on any atom is -0.320 e. The largest absolute Gasteiger partial charge is 0.320 e. The summed E-state index contributed by atoms with van der Waals surface area (Å²) in [5.74, 6) is -0.646. The molecule has 0 aliphatic rings. The van der Waals surface area contributed by atoms with Gasteiger partial charge in [0.1, 0.15) is 0 Å². The van der Waals surface area contributed by atoms with Gasteiger partial charge in [-0.3, -0.25) is 15.0 Å². The van der Waals surface area contributed by atoms with E-state index in [1.807, 2.05) is 19.9 Å². The molecule has 18 heavy (non-hydrogen) atoms. The Balaban J connectivity index is 2.99. The number of hydrogen-bond acceptors (Lipinski definition) is 3. The van der Waals surface area contributed by atoms with Crippen LogP contribution in [0, 0.1) is 5.92 Å². The summed E-state index contributed by atoms with van der Waals surface area (Å²) >= 11 is 0. The van der Waals surface area contributed by atoms with E-state index in [0.717, 1.165) is 0 Å². The van der Waals surface area contributed by atoms with E-state index in [4.69, 9.17) is 5.73 Å². The Morgan fingerprint density at radius 1 is 1.22 bits per heavy atom. The molecule has 5 heteroatoms. The second kappa shape index (κ2) is 6.16. The molecule has 0 spiro atoms. The number of hydrogen-bond donors (Lipinski definition) is 2. The molecule has 98 valence electrons. The number of carbonyl (C=O) groups is 2. The maximum atomic E-state index is 12.2. The Bertz CT molecular complexity index is 418. The van der Waals surface area contributed by atoms with Crippen LogP contribution in [-0.2, 0) is 9.59 Å². The molecule has 0 saturated carbocycles. The number of nitrogens with zero attached hydrogens (tertiary/aromatic N) is 1. The number of amides is 2. The molecule has 1 atom stereocenters. The summed E-state index contributed by atoms with van der Waals surface area (Å²) in [6, 6.07) is 8.23. The molecule has 0 radical (unpaired) electrons. The molecule has 0 saturated heterocycles. The van der Waals surface area contributed by atoms with E-state index in [0.29, 0.717) is 5.69 Å². The van der Waals surface area contributed by atoms with Crippen molar-refractivity contribution in [2.24, 2.45) is 11.7 Å². The molecule has 0 fully saturated rings. The number of para-hydroxylation sites is 1. The highest BCUT2D eigenvalue weighted by Gasteiger charge is 2.25. The highest BCUT2D eigenvalue weighted by Crippen LogP contribution is 2.13. The van der Waals surface area contributed by atoms with Gasteiger partial charge >= 0.3 is 0 Å². The van der Waals surface area contributed by atoms with Gasteiger partial charge in [-0.2, -0.15) is 0 Å². The Labute approximate surface area is 107 Å². The van der Waals surface area contributed by atoms with Crippen LogP contribution < -0.4 is 16.2 Å². The van der Waals surface area contributed by atoms with Crippen molar-refractivity contribution in [3.8, 4) is 0 Å². The molecule has 0 bridgehead atoms. The average Bonchev–Trinajstić information content (AvgIpc) is 2.35. The van der Waals surface area contributed by atoms with E-state index in [2.05, 4.69) is 5.43 Å². The smallest absolute Gasteiger partial charge is 0.262 e. The first kappa shape index (κ1) is 14.2. The van der Waals surface area contributed by atoms with Crippen LogP contribution in [0.2, 0.25) is 0 Å². The van der Waals surface area contributed by atoms with Crippen LogP contribution in [0.5, 0.6) is 0 Å². The fraction of sp³-hybridized carbons (Fsp3) is 0.385. The molecule has 0 unspecified atom stereocenters. The van der Waals surface area contributed by atoms with Crippen LogP contribution in [0.4, 0.5) is 5.69 Å². The third kappa shape index (κ3) is 3.56. The Kier molecular flexibility index (Phi) is 4.85. The molecule has 1 rings (SSSR count). The predicted molar refractivity (Wildman–Crippen MR) is 70.6 cm³/mol. The molecule has 3 N–H and O–H groups in total. The summed E-state index contributed by atoms with van der Waals surface area (Å²) in [7, 11) is 0. The lowest BCUT2D eigenvalue weighted by molar-refractivity contribution is -0.126. The van der Waals surface area contributed by atoms with Gasteiger partial charge < -0.3 is 5.73 Å². The van der Waals surface area contributed by atoms with Crippen molar-refractivity contribution in [1.82, 2.24) is 5.43 Å². The lowest BCUT2D eigenvalue weighted by atomic mass is 10.0. The second-order valence-corrected chi connectivity index (χ2v) is 4.45. The maximum absolute atomic E-state index is 12.2. The van der Waals surface area contributed by atoms with E-state index in [1.165, 1.54) is 11.9 Å². The highest BCUT2D eigenvalue weighted by atomic mass is 16.2. The zero-order chi connectivity index (χ0) is 13.7. The number of rotatable bonds is 3. The third-order valence-corrected chi connectivity index (χ3v) is 2.51. The minimum atomic E-state index is -0.656. The van der Waals surface area contributed by atoms with Crippen LogP contribution >= 0.6 is 0 Å². The number of nitrogens with two attached hydrogens (primary N) is 1. The van der Waals surface area contributed by atoms with Crippen LogP contribution in [0.15, 0.2) is 30.3 Å². The average molecular weight is 249 g/mol. The fourth-order valence-corrected chi connectivity index (χ4v) is 1.42. The van der Waals surface area contributed by atoms with Gasteiger partial charge in [-0.05, 0) is 18.1 Å². The monoisotopic (exact) mass is 249 g/mol. The van der Waals surface area contributed by atoms with Gasteiger partial charge in [0, 0.05) is 6.92 Å². The van der Waals surface area contributed by atoms with Crippen molar-refractivity contribution in [3.63, 3.8) is 0 Å². The SMILES string of the molecule is CC(=O)NN(C(=O)[C@@H](N)C(C)C)c1ccccc1. The summed E-state index contributed by atoms with van der Waals surface area (Å²) < 4.78 is 0. The summed E-state index contributed by atoms with van der Waals surface area (Å²) in [6.07, 6.45) is 0. The lowest BCUT2D eigenvalue weighted by Gasteiger charge is -2.27. The van der Waals surface area contributed by atoms with Crippen molar-refractivity contribution in [3.05, 3.63) is 30.3 Å². The molecule has 2 amide bonds. The van der Waals surface area contributed by atoms with Gasteiger partial charge in [-0.1, -0.05) is 32.0 Å². The first-order valence-electron chi connectivity index (χ1n) is 5.85. The molecule has 1 aromatic carbocycles. The Hall–Kier alpha value is -1.88. The molecular formula is C13H19N3O2. The summed E-state index contributed by atoms with van der Waals surface area (Å²) in [5.41, 5.74) is 8.92. The van der Waals surface area contributed by atoms with Gasteiger partial charge in [0.2, 0.25) is 5.91 Å². The van der Waals surface area contributed by atoms with E-state index in [9.17, 15) is 9.59 Å². The van der Waals surface area contributed by atoms with Crippen molar-refractivity contribution in [2.45, 2.75) is 26.8 Å². The maximum Gasteiger partial charge on any atom is 0.262 e. The fourth-order valence-electron chi connectivity index (χ4n) is 1.42. The molecule has 1 aromatic rings. The van der Waals surface area contributed by atoms with Gasteiger partial charge in [0.15, 0.2) is 0 Å². The number of benzene rings is 1. The topological polar surface area (TPSA) is 75.4 Å². The zero-order valence-corrected chi connectivity index (χ0v) is 10.9. The third-order valence-electron chi connectivity index (χ3n) is 2.51. The molecule has 0 heterocycles. The standard InChI is InChI=1S/C13H19N3O2/c1-9(2)12(14)13(18)16(15-10(3)17)11-7-5-4-6-8-11/h4-9,12H,14H2,1-3H3,(H,15,17)/t12-/m0/s1. The number of carbonyl (C=O) groups excluding carboxylic acids is 2. The summed E-state index contributed by atoms with van der Waals surface area (Å²) in [6.45, 7) is 5.07. The van der Waals surface area contributed by atoms with E-state index >= 15 is 0 Å². The molecule has 0 aliphatic carbocycles. The molecule has 5 nitrogen and oxygen atoms in total. The van der Waals surface area contributed by atoms with Crippen LogP contribution in [-0.4, -0.2) is 17.9 Å². The van der Waals surface area contributed by atoms with Crippen LogP contribution in [0.3, 0.4) is 0 Å². The lowest BCUT2D eigenvalue weighted by Crippen LogP contribution is -2.54. The predicted octanol–water partition coefficient (Wildman–Crippen LogP) is 1.05. The van der Waals surface area contributed by atoms with E-state index in [1.54, 1.807) is 24.3 Å². The van der Waals surface area contributed by atoms with Crippen molar-refractivity contribution in [1.29, 1.82) is 0 Å².